The van der Waals surface area contributed by atoms with Crippen molar-refractivity contribution < 1.29 is 16.1 Å². The Morgan fingerprint density at radius 3 is 2.00 bits per heavy atom. The van der Waals surface area contributed by atoms with Crippen LogP contribution in [0, 0.1) is 0 Å². The number of hydrogen-bond acceptors (Lipinski definition) is 0. The number of hydrogen-bond donors (Lipinski definition) is 0. The van der Waals surface area contributed by atoms with Gasteiger partial charge in [-0.1, -0.05) is 0 Å². The summed E-state index contributed by atoms with van der Waals surface area (Å²) in [6.45, 7) is 2.42. The summed E-state index contributed by atoms with van der Waals surface area (Å²) < 4.78 is 0.270. The van der Waals surface area contributed by atoms with Gasteiger partial charge >= 0.3 is 159 Å². The second-order valence-corrected chi connectivity index (χ2v) is 20.6. The summed E-state index contributed by atoms with van der Waals surface area (Å²) in [5.41, 5.74) is 2.77. The first kappa shape index (κ1) is 16.3. The summed E-state index contributed by atoms with van der Waals surface area (Å²) in [7, 11) is 0. The summed E-state index contributed by atoms with van der Waals surface area (Å²) >= 11 is -1.77. The molecule has 0 fully saturated rings. The van der Waals surface area contributed by atoms with E-state index in [1.54, 1.807) is 0 Å². The average Bonchev–Trinajstić information content (AvgIpc) is 3.03. The number of allylic oxidation sites excluding steroid dienone is 4. The molecule has 0 aliphatic heterocycles. The minimum atomic E-state index is -1.77. The van der Waals surface area contributed by atoms with Gasteiger partial charge in [0.05, 0.1) is 0 Å². The van der Waals surface area contributed by atoms with Crippen LogP contribution >= 0.6 is 0 Å². The van der Waals surface area contributed by atoms with Gasteiger partial charge < -0.3 is 0 Å². The third-order valence-corrected chi connectivity index (χ3v) is 13.9. The van der Waals surface area contributed by atoms with Gasteiger partial charge in [-0.25, -0.2) is 0 Å². The van der Waals surface area contributed by atoms with Gasteiger partial charge in [0, 0.05) is 0 Å². The van der Waals surface area contributed by atoms with Crippen molar-refractivity contribution in [2.24, 2.45) is 0 Å². The predicted molar refractivity (Wildman–Crippen MR) is 113 cm³/mol. The van der Waals surface area contributed by atoms with Gasteiger partial charge in [0.1, 0.15) is 0 Å². The summed E-state index contributed by atoms with van der Waals surface area (Å²) in [6.07, 6.45) is 7.36. The summed E-state index contributed by atoms with van der Waals surface area (Å²) in [5, 5.41) is 15.7. The molecule has 0 radical (unpaired) electrons. The normalized spacial score (nSPS) is 21.2. The van der Waals surface area contributed by atoms with Crippen LogP contribution in [-0.4, -0.2) is 0 Å². The molecule has 0 saturated heterocycles. The Labute approximate surface area is 158 Å². The topological polar surface area (TPSA) is 0 Å². The van der Waals surface area contributed by atoms with Crippen LogP contribution in [0.4, 0.5) is 0 Å². The molecule has 0 N–H and O–H groups in total. The monoisotopic (exact) mass is 519 g/mol. The fraction of sp³-hybridized carbons (Fsp3) is 0.200. The summed E-state index contributed by atoms with van der Waals surface area (Å²) in [5.74, 6) is 0. The Bertz CT molecular complexity index is 1200. The standard InChI is InChI=1S/C22H15.3CH3.Pt/c1-14-5-6-18(13-14)19-11-9-17-8-7-15-3-2-4-16-10-12-20(19)22(17)21(15)16;;;;/h2-13H,1H3;3*1H3;. The molecule has 1 aliphatic carbocycles. The van der Waals surface area contributed by atoms with E-state index in [0.717, 1.165) is 0 Å². The van der Waals surface area contributed by atoms with Crippen LogP contribution in [0.25, 0.3) is 37.9 Å². The van der Waals surface area contributed by atoms with Crippen LogP contribution in [0.1, 0.15) is 12.5 Å². The minimum absolute atomic E-state index is 0.270. The maximum atomic E-state index is 2.54. The quantitative estimate of drug-likeness (QED) is 0.235. The van der Waals surface area contributed by atoms with Gasteiger partial charge in [0.15, 0.2) is 0 Å². The zero-order valence-corrected chi connectivity index (χ0v) is 18.0. The molecule has 4 aromatic rings. The predicted octanol–water partition coefficient (Wildman–Crippen LogP) is 8.01. The van der Waals surface area contributed by atoms with Gasteiger partial charge in [0.25, 0.3) is 0 Å². The van der Waals surface area contributed by atoms with Crippen molar-refractivity contribution in [3.63, 3.8) is 0 Å². The molecule has 134 valence electrons. The molecular weight excluding hydrogens is 495 g/mol. The van der Waals surface area contributed by atoms with E-state index in [2.05, 4.69) is 95.7 Å². The molecule has 0 bridgehead atoms. The van der Waals surface area contributed by atoms with E-state index in [4.69, 9.17) is 0 Å². The molecule has 1 unspecified atom stereocenters. The van der Waals surface area contributed by atoms with E-state index in [9.17, 15) is 0 Å². The zero-order chi connectivity index (χ0) is 18.1. The van der Waals surface area contributed by atoms with Gasteiger partial charge in [0.2, 0.25) is 0 Å². The SMILES string of the molecule is C[C]1([Pt]([CH3])([CH3])[CH3])C=CC(c2ccc3ccc4cccc5ccc2c3c45)=C1. The number of benzene rings is 4. The molecule has 0 spiro atoms. The molecular formula is C25H24Pt. The molecule has 0 heterocycles. The van der Waals surface area contributed by atoms with Crippen molar-refractivity contribution in [2.45, 2.75) is 26.7 Å². The van der Waals surface area contributed by atoms with Crippen molar-refractivity contribution in [3.8, 4) is 0 Å². The number of rotatable bonds is 2. The Morgan fingerprint density at radius 1 is 0.731 bits per heavy atom. The summed E-state index contributed by atoms with van der Waals surface area (Å²) in [6, 6.07) is 20.4. The second-order valence-electron chi connectivity index (χ2n) is 7.91. The van der Waals surface area contributed by atoms with Crippen molar-refractivity contribution in [3.05, 3.63) is 78.4 Å². The molecule has 1 aliphatic rings. The molecule has 1 heteroatoms. The van der Waals surface area contributed by atoms with E-state index < -0.39 is 16.1 Å². The molecule has 1 atom stereocenters. The first-order valence-corrected chi connectivity index (χ1v) is 16.8. The Morgan fingerprint density at radius 2 is 1.35 bits per heavy atom. The van der Waals surface area contributed by atoms with E-state index in [-0.39, 0.29) is 3.80 Å². The van der Waals surface area contributed by atoms with Gasteiger partial charge in [-0.2, -0.15) is 0 Å². The molecule has 0 aromatic heterocycles. The van der Waals surface area contributed by atoms with Crippen molar-refractivity contribution in [1.29, 1.82) is 0 Å². The first-order valence-electron chi connectivity index (χ1n) is 8.82. The van der Waals surface area contributed by atoms with Crippen LogP contribution in [0.5, 0.6) is 0 Å². The van der Waals surface area contributed by atoms with Crippen molar-refractivity contribution in [2.75, 3.05) is 0 Å². The molecule has 0 saturated carbocycles. The third kappa shape index (κ3) is 2.18. The Kier molecular flexibility index (Phi) is 3.32. The van der Waals surface area contributed by atoms with E-state index in [1.165, 1.54) is 43.5 Å². The van der Waals surface area contributed by atoms with Crippen LogP contribution in [0.3, 0.4) is 0 Å². The van der Waals surface area contributed by atoms with Gasteiger partial charge in [-0.3, -0.25) is 0 Å². The van der Waals surface area contributed by atoms with E-state index in [1.807, 2.05) is 0 Å². The van der Waals surface area contributed by atoms with Crippen LogP contribution in [0.2, 0.25) is 19.7 Å². The average molecular weight is 520 g/mol. The molecule has 0 nitrogen and oxygen atoms in total. The van der Waals surface area contributed by atoms with E-state index >= 15 is 0 Å². The van der Waals surface area contributed by atoms with Crippen LogP contribution in [-0.2, 0) is 16.1 Å². The van der Waals surface area contributed by atoms with Crippen LogP contribution in [0.15, 0.2) is 72.8 Å². The first-order chi connectivity index (χ1) is 12.4. The fourth-order valence-corrected chi connectivity index (χ4v) is 6.75. The van der Waals surface area contributed by atoms with Gasteiger partial charge in [-0.15, -0.1) is 0 Å². The maximum absolute atomic E-state index is 2.54. The molecule has 0 amide bonds. The molecule has 26 heavy (non-hydrogen) atoms. The van der Waals surface area contributed by atoms with Crippen molar-refractivity contribution in [1.82, 2.24) is 0 Å². The Balaban J connectivity index is 1.83. The molecule has 4 aromatic carbocycles. The van der Waals surface area contributed by atoms with Gasteiger partial charge in [-0.05, 0) is 0 Å². The zero-order valence-electron chi connectivity index (χ0n) is 15.7. The Hall–Kier alpha value is -1.91. The molecule has 5 rings (SSSR count). The van der Waals surface area contributed by atoms with Crippen molar-refractivity contribution >= 4 is 37.9 Å². The third-order valence-electron chi connectivity index (χ3n) is 5.87. The van der Waals surface area contributed by atoms with Crippen LogP contribution < -0.4 is 0 Å². The van der Waals surface area contributed by atoms with E-state index in [0.29, 0.717) is 0 Å². The fourth-order valence-electron chi connectivity index (χ4n) is 4.09. The second kappa shape index (κ2) is 5.30. The summed E-state index contributed by atoms with van der Waals surface area (Å²) in [4.78, 5) is 0.